The molecule has 1 amide bonds. The highest BCUT2D eigenvalue weighted by atomic mass is 32.1. The Bertz CT molecular complexity index is 583. The number of rotatable bonds is 3. The number of carbonyl (C=O) groups is 1. The second-order valence-corrected chi connectivity index (χ2v) is 5.20. The predicted octanol–water partition coefficient (Wildman–Crippen LogP) is 2.91. The van der Waals surface area contributed by atoms with E-state index in [4.69, 9.17) is 0 Å². The number of thiophene rings is 1. The molecule has 0 bridgehead atoms. The van der Waals surface area contributed by atoms with Crippen LogP contribution in [0.2, 0.25) is 0 Å². The van der Waals surface area contributed by atoms with Crippen LogP contribution in [0.3, 0.4) is 0 Å². The Morgan fingerprint density at radius 3 is 2.72 bits per heavy atom. The van der Waals surface area contributed by atoms with E-state index >= 15 is 0 Å². The molecule has 1 N–H and O–H groups in total. The molecule has 0 aliphatic heterocycles. The zero-order chi connectivity index (χ0) is 13.3. The number of amides is 1. The molecule has 4 nitrogen and oxygen atoms in total. The second kappa shape index (κ2) is 4.94. The lowest BCUT2D eigenvalue weighted by Crippen LogP contribution is -2.14. The SMILES string of the molecule is CCc1nn(C)c(NC(=O)c2sccc2C)c1C. The first-order chi connectivity index (χ1) is 8.54. The fraction of sp³-hybridized carbons (Fsp3) is 0.385. The molecule has 5 heteroatoms. The van der Waals surface area contributed by atoms with Crippen molar-refractivity contribution in [2.45, 2.75) is 27.2 Å². The number of nitrogens with zero attached hydrogens (tertiary/aromatic N) is 2. The summed E-state index contributed by atoms with van der Waals surface area (Å²) in [6.45, 7) is 5.99. The van der Waals surface area contributed by atoms with E-state index in [-0.39, 0.29) is 5.91 Å². The van der Waals surface area contributed by atoms with Crippen molar-refractivity contribution in [1.29, 1.82) is 0 Å². The summed E-state index contributed by atoms with van der Waals surface area (Å²) < 4.78 is 1.73. The summed E-state index contributed by atoms with van der Waals surface area (Å²) in [4.78, 5) is 12.9. The number of hydrogen-bond acceptors (Lipinski definition) is 3. The van der Waals surface area contributed by atoms with E-state index < -0.39 is 0 Å². The Kier molecular flexibility index (Phi) is 3.52. The maximum Gasteiger partial charge on any atom is 0.267 e. The lowest BCUT2D eigenvalue weighted by atomic mass is 10.2. The van der Waals surface area contributed by atoms with Gasteiger partial charge >= 0.3 is 0 Å². The van der Waals surface area contributed by atoms with Crippen molar-refractivity contribution in [1.82, 2.24) is 9.78 Å². The lowest BCUT2D eigenvalue weighted by molar-refractivity contribution is 0.102. The van der Waals surface area contributed by atoms with Crippen LogP contribution in [-0.4, -0.2) is 15.7 Å². The summed E-state index contributed by atoms with van der Waals surface area (Å²) in [7, 11) is 1.85. The standard InChI is InChI=1S/C13H17N3OS/c1-5-10-9(3)12(16(4)15-10)14-13(17)11-8(2)6-7-18-11/h6-7H,5H2,1-4H3,(H,14,17). The van der Waals surface area contributed by atoms with Crippen LogP contribution in [0.4, 0.5) is 5.82 Å². The van der Waals surface area contributed by atoms with Crippen molar-refractivity contribution in [3.63, 3.8) is 0 Å². The number of aromatic nitrogens is 2. The van der Waals surface area contributed by atoms with Gasteiger partial charge in [0, 0.05) is 12.6 Å². The highest BCUT2D eigenvalue weighted by Gasteiger charge is 2.16. The van der Waals surface area contributed by atoms with Crippen LogP contribution in [0.15, 0.2) is 11.4 Å². The van der Waals surface area contributed by atoms with Crippen molar-refractivity contribution in [2.75, 3.05) is 5.32 Å². The van der Waals surface area contributed by atoms with Gasteiger partial charge in [-0.25, -0.2) is 0 Å². The second-order valence-electron chi connectivity index (χ2n) is 4.28. The maximum absolute atomic E-state index is 12.2. The van der Waals surface area contributed by atoms with Crippen molar-refractivity contribution < 1.29 is 4.79 Å². The van der Waals surface area contributed by atoms with Crippen molar-refractivity contribution in [3.05, 3.63) is 33.1 Å². The number of hydrogen-bond donors (Lipinski definition) is 1. The average Bonchev–Trinajstić information content (AvgIpc) is 2.87. The van der Waals surface area contributed by atoms with Gasteiger partial charge in [-0.05, 0) is 37.3 Å². The predicted molar refractivity (Wildman–Crippen MR) is 74.3 cm³/mol. The molecule has 0 aliphatic rings. The van der Waals surface area contributed by atoms with Gasteiger partial charge in [0.05, 0.1) is 10.6 Å². The van der Waals surface area contributed by atoms with E-state index in [0.29, 0.717) is 0 Å². The summed E-state index contributed by atoms with van der Waals surface area (Å²) in [6.07, 6.45) is 0.869. The van der Waals surface area contributed by atoms with Gasteiger partial charge in [-0.2, -0.15) is 5.10 Å². The van der Waals surface area contributed by atoms with Crippen LogP contribution in [0.5, 0.6) is 0 Å². The van der Waals surface area contributed by atoms with E-state index in [9.17, 15) is 4.79 Å². The third-order valence-electron chi connectivity index (χ3n) is 3.02. The average molecular weight is 263 g/mol. The van der Waals surface area contributed by atoms with Crippen LogP contribution >= 0.6 is 11.3 Å². The van der Waals surface area contributed by atoms with E-state index in [0.717, 1.165) is 33.9 Å². The largest absolute Gasteiger partial charge is 0.306 e. The first-order valence-electron chi connectivity index (χ1n) is 5.92. The number of anilines is 1. The molecule has 0 saturated carbocycles. The fourth-order valence-electron chi connectivity index (χ4n) is 1.97. The van der Waals surface area contributed by atoms with Crippen LogP contribution < -0.4 is 5.32 Å². The molecule has 2 heterocycles. The molecule has 0 atom stereocenters. The Hall–Kier alpha value is -1.62. The summed E-state index contributed by atoms with van der Waals surface area (Å²) in [5.41, 5.74) is 3.08. The molecule has 0 aliphatic carbocycles. The van der Waals surface area contributed by atoms with Crippen molar-refractivity contribution in [3.8, 4) is 0 Å². The summed E-state index contributed by atoms with van der Waals surface area (Å²) in [5.74, 6) is 0.723. The van der Waals surface area contributed by atoms with Crippen molar-refractivity contribution in [2.24, 2.45) is 7.05 Å². The van der Waals surface area contributed by atoms with Gasteiger partial charge in [-0.15, -0.1) is 11.3 Å². The third-order valence-corrected chi connectivity index (χ3v) is 4.03. The molecular weight excluding hydrogens is 246 g/mol. The number of nitrogens with one attached hydrogen (secondary N) is 1. The highest BCUT2D eigenvalue weighted by Crippen LogP contribution is 2.21. The zero-order valence-electron chi connectivity index (χ0n) is 11.1. The molecule has 0 spiro atoms. The quantitative estimate of drug-likeness (QED) is 0.925. The third kappa shape index (κ3) is 2.18. The molecule has 96 valence electrons. The normalized spacial score (nSPS) is 10.7. The summed E-state index contributed by atoms with van der Waals surface area (Å²) in [5, 5.41) is 9.27. The first kappa shape index (κ1) is 12.8. The molecular formula is C13H17N3OS. The van der Waals surface area contributed by atoms with E-state index in [1.54, 1.807) is 4.68 Å². The van der Waals surface area contributed by atoms with Gasteiger partial charge < -0.3 is 5.32 Å². The fourth-order valence-corrected chi connectivity index (χ4v) is 2.79. The molecule has 0 aromatic carbocycles. The van der Waals surface area contributed by atoms with Gasteiger partial charge in [0.25, 0.3) is 5.91 Å². The topological polar surface area (TPSA) is 46.9 Å². The molecule has 2 aromatic rings. The van der Waals surface area contributed by atoms with Crippen LogP contribution in [0, 0.1) is 13.8 Å². The molecule has 2 aromatic heterocycles. The van der Waals surface area contributed by atoms with Gasteiger partial charge in [-0.3, -0.25) is 9.48 Å². The molecule has 0 unspecified atom stereocenters. The number of carbonyl (C=O) groups excluding carboxylic acids is 1. The highest BCUT2D eigenvalue weighted by molar-refractivity contribution is 7.12. The van der Waals surface area contributed by atoms with Crippen molar-refractivity contribution >= 4 is 23.1 Å². The maximum atomic E-state index is 12.2. The Morgan fingerprint density at radius 2 is 2.22 bits per heavy atom. The Morgan fingerprint density at radius 1 is 1.50 bits per heavy atom. The molecule has 0 fully saturated rings. The molecule has 0 saturated heterocycles. The molecule has 18 heavy (non-hydrogen) atoms. The van der Waals surface area contributed by atoms with E-state index in [1.165, 1.54) is 11.3 Å². The lowest BCUT2D eigenvalue weighted by Gasteiger charge is -2.06. The minimum absolute atomic E-state index is 0.0590. The van der Waals surface area contributed by atoms with Gasteiger partial charge in [0.15, 0.2) is 0 Å². The first-order valence-corrected chi connectivity index (χ1v) is 6.80. The van der Waals surface area contributed by atoms with Gasteiger partial charge in [0.1, 0.15) is 5.82 Å². The van der Waals surface area contributed by atoms with Crippen LogP contribution in [0.1, 0.15) is 33.4 Å². The Balaban J connectivity index is 2.27. The smallest absolute Gasteiger partial charge is 0.267 e. The summed E-state index contributed by atoms with van der Waals surface area (Å²) in [6, 6.07) is 1.95. The van der Waals surface area contributed by atoms with E-state index in [2.05, 4.69) is 17.3 Å². The number of aryl methyl sites for hydroxylation is 3. The van der Waals surface area contributed by atoms with Gasteiger partial charge in [0.2, 0.25) is 0 Å². The molecule has 0 radical (unpaired) electrons. The monoisotopic (exact) mass is 263 g/mol. The van der Waals surface area contributed by atoms with Gasteiger partial charge in [-0.1, -0.05) is 6.92 Å². The van der Waals surface area contributed by atoms with Crippen LogP contribution in [0.25, 0.3) is 0 Å². The summed E-state index contributed by atoms with van der Waals surface area (Å²) >= 11 is 1.46. The minimum atomic E-state index is -0.0590. The minimum Gasteiger partial charge on any atom is -0.306 e. The van der Waals surface area contributed by atoms with E-state index in [1.807, 2.05) is 32.3 Å². The van der Waals surface area contributed by atoms with Crippen LogP contribution in [-0.2, 0) is 13.5 Å². The molecule has 2 rings (SSSR count). The Labute approximate surface area is 111 Å². The zero-order valence-corrected chi connectivity index (χ0v) is 11.9.